The zero-order valence-electron chi connectivity index (χ0n) is 16.5. The number of pyridine rings is 1. The van der Waals surface area contributed by atoms with Gasteiger partial charge in [-0.15, -0.1) is 0 Å². The third kappa shape index (κ3) is 5.94. The number of nitrogens with one attached hydrogen (secondary N) is 1. The second-order valence-corrected chi connectivity index (χ2v) is 7.23. The van der Waals surface area contributed by atoms with Gasteiger partial charge in [0.05, 0.1) is 7.11 Å². The molecule has 1 N–H and O–H groups in total. The van der Waals surface area contributed by atoms with Crippen molar-refractivity contribution < 1.29 is 9.47 Å². The lowest BCUT2D eigenvalue weighted by atomic mass is 10.2. The third-order valence-electron chi connectivity index (χ3n) is 5.29. The maximum Gasteiger partial charge on any atom is 0.161 e. The number of benzene rings is 1. The summed E-state index contributed by atoms with van der Waals surface area (Å²) < 4.78 is 11.4. The first-order valence-electron chi connectivity index (χ1n) is 9.86. The molecule has 1 aromatic carbocycles. The minimum absolute atomic E-state index is 0.504. The molecule has 3 rings (SSSR count). The standard InChI is InChI=1S/C22H31N3O2/c1-25(20-5-3-4-6-20)14-13-24-16-19-7-8-21(22(15-19)26-2)27-17-18-9-11-23-12-10-18/h7-12,15,20,24H,3-6,13-14,16-17H2,1-2H3. The Bertz CT molecular complexity index is 687. The van der Waals surface area contributed by atoms with Crippen LogP contribution in [0.3, 0.4) is 0 Å². The number of nitrogens with zero attached hydrogens (tertiary/aromatic N) is 2. The molecule has 0 saturated heterocycles. The van der Waals surface area contributed by atoms with Crippen molar-refractivity contribution >= 4 is 0 Å². The number of methoxy groups -OCH3 is 1. The van der Waals surface area contributed by atoms with E-state index in [1.165, 1.54) is 31.2 Å². The zero-order valence-corrected chi connectivity index (χ0v) is 16.5. The first-order chi connectivity index (χ1) is 13.3. The summed E-state index contributed by atoms with van der Waals surface area (Å²) in [5.41, 5.74) is 2.29. The lowest BCUT2D eigenvalue weighted by molar-refractivity contribution is 0.245. The molecule has 1 fully saturated rings. The molecular weight excluding hydrogens is 338 g/mol. The van der Waals surface area contributed by atoms with Gasteiger partial charge in [0.15, 0.2) is 11.5 Å². The largest absolute Gasteiger partial charge is 0.493 e. The van der Waals surface area contributed by atoms with Gasteiger partial charge >= 0.3 is 0 Å². The second-order valence-electron chi connectivity index (χ2n) is 7.23. The van der Waals surface area contributed by atoms with Crippen LogP contribution in [0.4, 0.5) is 0 Å². The summed E-state index contributed by atoms with van der Waals surface area (Å²) in [5, 5.41) is 3.54. The molecule has 146 valence electrons. The van der Waals surface area contributed by atoms with Crippen LogP contribution in [-0.2, 0) is 13.2 Å². The fraction of sp³-hybridized carbons (Fsp3) is 0.500. The van der Waals surface area contributed by atoms with Crippen molar-refractivity contribution in [2.24, 2.45) is 0 Å². The summed E-state index contributed by atoms with van der Waals surface area (Å²) in [6.07, 6.45) is 9.03. The van der Waals surface area contributed by atoms with E-state index in [2.05, 4.69) is 34.4 Å². The summed E-state index contributed by atoms with van der Waals surface area (Å²) in [4.78, 5) is 6.52. The number of rotatable bonds is 10. The fourth-order valence-corrected chi connectivity index (χ4v) is 3.60. The van der Waals surface area contributed by atoms with Crippen LogP contribution in [0, 0.1) is 0 Å². The normalized spacial score (nSPS) is 14.6. The Hall–Kier alpha value is -2.11. The summed E-state index contributed by atoms with van der Waals surface area (Å²) in [6.45, 7) is 3.42. The van der Waals surface area contributed by atoms with Crippen molar-refractivity contribution in [3.63, 3.8) is 0 Å². The Labute approximate surface area is 162 Å². The number of hydrogen-bond acceptors (Lipinski definition) is 5. The maximum absolute atomic E-state index is 5.90. The Morgan fingerprint density at radius 1 is 1.07 bits per heavy atom. The minimum atomic E-state index is 0.504. The molecule has 1 aliphatic rings. The van der Waals surface area contributed by atoms with Gasteiger partial charge in [0.1, 0.15) is 6.61 Å². The maximum atomic E-state index is 5.90. The Kier molecular flexibility index (Phi) is 7.48. The van der Waals surface area contributed by atoms with Crippen LogP contribution >= 0.6 is 0 Å². The van der Waals surface area contributed by atoms with Gasteiger partial charge in [-0.3, -0.25) is 4.98 Å². The quantitative estimate of drug-likeness (QED) is 0.648. The van der Waals surface area contributed by atoms with Crippen molar-refractivity contribution in [1.82, 2.24) is 15.2 Å². The molecule has 1 aliphatic carbocycles. The van der Waals surface area contributed by atoms with Crippen LogP contribution < -0.4 is 14.8 Å². The topological polar surface area (TPSA) is 46.6 Å². The van der Waals surface area contributed by atoms with Crippen LogP contribution in [0.5, 0.6) is 11.5 Å². The molecule has 5 heteroatoms. The van der Waals surface area contributed by atoms with E-state index in [9.17, 15) is 0 Å². The molecule has 5 nitrogen and oxygen atoms in total. The number of ether oxygens (including phenoxy) is 2. The molecule has 0 radical (unpaired) electrons. The average Bonchev–Trinajstić information content (AvgIpc) is 3.25. The van der Waals surface area contributed by atoms with E-state index < -0.39 is 0 Å². The molecule has 2 aromatic rings. The van der Waals surface area contributed by atoms with Crippen molar-refractivity contribution in [2.45, 2.75) is 44.9 Å². The van der Waals surface area contributed by atoms with Crippen LogP contribution in [0.15, 0.2) is 42.7 Å². The highest BCUT2D eigenvalue weighted by molar-refractivity contribution is 5.43. The number of hydrogen-bond donors (Lipinski definition) is 1. The Balaban J connectivity index is 1.45. The van der Waals surface area contributed by atoms with E-state index >= 15 is 0 Å². The predicted molar refractivity (Wildman–Crippen MR) is 108 cm³/mol. The van der Waals surface area contributed by atoms with Crippen LogP contribution in [0.25, 0.3) is 0 Å². The molecule has 0 amide bonds. The van der Waals surface area contributed by atoms with Gasteiger partial charge < -0.3 is 19.7 Å². The van der Waals surface area contributed by atoms with Crippen LogP contribution in [0.2, 0.25) is 0 Å². The van der Waals surface area contributed by atoms with E-state index in [0.29, 0.717) is 6.61 Å². The highest BCUT2D eigenvalue weighted by atomic mass is 16.5. The van der Waals surface area contributed by atoms with E-state index in [1.807, 2.05) is 18.2 Å². The van der Waals surface area contributed by atoms with E-state index in [0.717, 1.165) is 42.7 Å². The molecular formula is C22H31N3O2. The summed E-state index contributed by atoms with van der Waals surface area (Å²) in [6, 6.07) is 10.8. The van der Waals surface area contributed by atoms with Crippen molar-refractivity contribution in [3.05, 3.63) is 53.9 Å². The summed E-state index contributed by atoms with van der Waals surface area (Å²) in [7, 11) is 3.93. The van der Waals surface area contributed by atoms with Gasteiger partial charge in [0.2, 0.25) is 0 Å². The highest BCUT2D eigenvalue weighted by Crippen LogP contribution is 2.29. The summed E-state index contributed by atoms with van der Waals surface area (Å²) >= 11 is 0. The van der Waals surface area contributed by atoms with Gasteiger partial charge in [-0.25, -0.2) is 0 Å². The van der Waals surface area contributed by atoms with Crippen LogP contribution in [0.1, 0.15) is 36.8 Å². The van der Waals surface area contributed by atoms with Crippen LogP contribution in [-0.4, -0.2) is 43.2 Å². The molecule has 27 heavy (non-hydrogen) atoms. The fourth-order valence-electron chi connectivity index (χ4n) is 3.60. The van der Waals surface area contributed by atoms with Crippen molar-refractivity contribution in [2.75, 3.05) is 27.2 Å². The predicted octanol–water partition coefficient (Wildman–Crippen LogP) is 3.63. The summed E-state index contributed by atoms with van der Waals surface area (Å²) in [5.74, 6) is 1.53. The lowest BCUT2D eigenvalue weighted by Crippen LogP contribution is -2.35. The molecule has 1 aromatic heterocycles. The Morgan fingerprint density at radius 3 is 2.59 bits per heavy atom. The van der Waals surface area contributed by atoms with Gasteiger partial charge in [0.25, 0.3) is 0 Å². The zero-order chi connectivity index (χ0) is 18.9. The van der Waals surface area contributed by atoms with Crippen molar-refractivity contribution in [3.8, 4) is 11.5 Å². The number of aromatic nitrogens is 1. The monoisotopic (exact) mass is 369 g/mol. The second kappa shape index (κ2) is 10.3. The minimum Gasteiger partial charge on any atom is -0.493 e. The molecule has 0 unspecified atom stereocenters. The molecule has 0 atom stereocenters. The molecule has 0 aliphatic heterocycles. The average molecular weight is 370 g/mol. The lowest BCUT2D eigenvalue weighted by Gasteiger charge is -2.24. The van der Waals surface area contributed by atoms with Gasteiger partial charge in [0, 0.05) is 38.1 Å². The Morgan fingerprint density at radius 2 is 1.85 bits per heavy atom. The van der Waals surface area contributed by atoms with Crippen molar-refractivity contribution in [1.29, 1.82) is 0 Å². The van der Waals surface area contributed by atoms with Gasteiger partial charge in [-0.05, 0) is 55.3 Å². The van der Waals surface area contributed by atoms with Gasteiger partial charge in [-0.1, -0.05) is 18.9 Å². The van der Waals surface area contributed by atoms with E-state index in [4.69, 9.17) is 9.47 Å². The van der Waals surface area contributed by atoms with E-state index in [-0.39, 0.29) is 0 Å². The number of likely N-dealkylation sites (N-methyl/N-ethyl adjacent to an activating group) is 1. The first kappa shape index (κ1) is 19.6. The molecule has 1 saturated carbocycles. The molecule has 0 spiro atoms. The van der Waals surface area contributed by atoms with Gasteiger partial charge in [-0.2, -0.15) is 0 Å². The highest BCUT2D eigenvalue weighted by Gasteiger charge is 2.18. The SMILES string of the molecule is COc1cc(CNCCN(C)C2CCCC2)ccc1OCc1ccncc1. The smallest absolute Gasteiger partial charge is 0.161 e. The molecule has 0 bridgehead atoms. The third-order valence-corrected chi connectivity index (χ3v) is 5.29. The first-order valence-corrected chi connectivity index (χ1v) is 9.86. The molecule has 1 heterocycles. The van der Waals surface area contributed by atoms with E-state index in [1.54, 1.807) is 19.5 Å².